The molecule has 0 aliphatic carbocycles. The van der Waals surface area contributed by atoms with Crippen LogP contribution >= 0.6 is 0 Å². The van der Waals surface area contributed by atoms with E-state index in [-0.39, 0.29) is 35.5 Å². The van der Waals surface area contributed by atoms with Crippen LogP contribution in [0.25, 0.3) is 22.2 Å². The molecule has 268 valence electrons. The Kier molecular flexibility index (Phi) is 9.89. The second-order valence-electron chi connectivity index (χ2n) is 14.6. The Labute approximate surface area is 287 Å². The van der Waals surface area contributed by atoms with Gasteiger partial charge >= 0.3 is 6.18 Å². The number of nitrogens with zero attached hydrogens (tertiary/aromatic N) is 6. The molecule has 0 saturated carbocycles. The summed E-state index contributed by atoms with van der Waals surface area (Å²) < 4.78 is 70.1. The van der Waals surface area contributed by atoms with Gasteiger partial charge < -0.3 is 24.3 Å². The summed E-state index contributed by atoms with van der Waals surface area (Å²) in [5, 5.41) is 7.40. The first-order valence-corrected chi connectivity index (χ1v) is 20.3. The fourth-order valence-corrected chi connectivity index (χ4v) is 6.95. The average Bonchev–Trinajstić information content (AvgIpc) is 2.99. The van der Waals surface area contributed by atoms with Crippen molar-refractivity contribution in [1.82, 2.24) is 24.3 Å². The molecule has 5 heterocycles. The van der Waals surface area contributed by atoms with Crippen molar-refractivity contribution in [2.45, 2.75) is 70.9 Å². The zero-order valence-corrected chi connectivity index (χ0v) is 29.5. The van der Waals surface area contributed by atoms with Crippen molar-refractivity contribution < 1.29 is 27.0 Å². The van der Waals surface area contributed by atoms with Crippen LogP contribution in [0.1, 0.15) is 25.3 Å². The molecule has 6 rings (SSSR count). The van der Waals surface area contributed by atoms with Gasteiger partial charge in [-0.25, -0.2) is 19.0 Å². The summed E-state index contributed by atoms with van der Waals surface area (Å²) in [6.07, 6.45) is 1.83. The quantitative estimate of drug-likeness (QED) is 0.107. The van der Waals surface area contributed by atoms with Crippen LogP contribution in [0.15, 0.2) is 52.6 Å². The maximum atomic E-state index is 15.3. The van der Waals surface area contributed by atoms with Gasteiger partial charge in [0.05, 0.1) is 59.5 Å². The molecular formula is C34H41F4N7O4Si. The predicted octanol–water partition coefficient (Wildman–Crippen LogP) is 5.60. The van der Waals surface area contributed by atoms with Gasteiger partial charge in [0, 0.05) is 46.6 Å². The van der Waals surface area contributed by atoms with E-state index in [2.05, 4.69) is 44.9 Å². The van der Waals surface area contributed by atoms with Crippen LogP contribution in [0.3, 0.4) is 0 Å². The number of anilines is 2. The van der Waals surface area contributed by atoms with Crippen molar-refractivity contribution in [1.29, 1.82) is 0 Å². The van der Waals surface area contributed by atoms with Crippen LogP contribution in [-0.4, -0.2) is 71.3 Å². The maximum Gasteiger partial charge on any atom is 0.423 e. The fraction of sp³-hybridized carbons (Fsp3) is 0.500. The topological polar surface area (TPSA) is 116 Å². The summed E-state index contributed by atoms with van der Waals surface area (Å²) in [5.41, 5.74) is -2.15. The van der Waals surface area contributed by atoms with Crippen LogP contribution in [0, 0.1) is 11.2 Å². The molecule has 2 saturated heterocycles. The maximum absolute atomic E-state index is 15.3. The van der Waals surface area contributed by atoms with E-state index < -0.39 is 48.5 Å². The molecule has 2 fully saturated rings. The number of aromatic nitrogens is 5. The molecule has 16 heteroatoms. The van der Waals surface area contributed by atoms with Crippen LogP contribution in [0.4, 0.5) is 28.9 Å². The van der Waals surface area contributed by atoms with E-state index in [1.165, 1.54) is 10.6 Å². The zero-order valence-electron chi connectivity index (χ0n) is 28.5. The lowest BCUT2D eigenvalue weighted by molar-refractivity contribution is -0.138. The van der Waals surface area contributed by atoms with E-state index in [4.69, 9.17) is 9.47 Å². The van der Waals surface area contributed by atoms with Crippen LogP contribution in [-0.2, 0) is 28.9 Å². The summed E-state index contributed by atoms with van der Waals surface area (Å²) in [6, 6.07) is 4.77. The number of rotatable bonds is 13. The molecule has 11 nitrogen and oxygen atoms in total. The number of benzene rings is 1. The van der Waals surface area contributed by atoms with Gasteiger partial charge in [0.15, 0.2) is 5.82 Å². The zero-order chi connectivity index (χ0) is 35.8. The Morgan fingerprint density at radius 2 is 1.80 bits per heavy atom. The first-order chi connectivity index (χ1) is 23.6. The molecule has 2 aliphatic rings. The molecule has 4 aromatic rings. The minimum Gasteiger partial charge on any atom is -0.381 e. The molecule has 3 aromatic heterocycles. The lowest BCUT2D eigenvalue weighted by Crippen LogP contribution is -2.66. The number of nitrogens with one attached hydrogen (secondary N) is 1. The van der Waals surface area contributed by atoms with E-state index in [1.54, 1.807) is 37.6 Å². The van der Waals surface area contributed by atoms with Gasteiger partial charge in [0.1, 0.15) is 18.1 Å². The number of ether oxygens (including phenoxy) is 2. The minimum atomic E-state index is -4.91. The van der Waals surface area contributed by atoms with Crippen molar-refractivity contribution in [3.8, 4) is 11.4 Å². The smallest absolute Gasteiger partial charge is 0.381 e. The molecule has 1 atom stereocenters. The summed E-state index contributed by atoms with van der Waals surface area (Å²) in [6.45, 7) is 11.6. The highest BCUT2D eigenvalue weighted by Crippen LogP contribution is 2.40. The van der Waals surface area contributed by atoms with Gasteiger partial charge in [-0.1, -0.05) is 19.6 Å². The molecule has 50 heavy (non-hydrogen) atoms. The lowest BCUT2D eigenvalue weighted by Gasteiger charge is -2.55. The predicted molar refractivity (Wildman–Crippen MR) is 185 cm³/mol. The molecule has 2 aliphatic heterocycles. The molecule has 1 spiro atoms. The highest BCUT2D eigenvalue weighted by molar-refractivity contribution is 6.76. The van der Waals surface area contributed by atoms with Crippen molar-refractivity contribution in [3.63, 3.8) is 0 Å². The van der Waals surface area contributed by atoms with Crippen LogP contribution < -0.4 is 21.3 Å². The normalized spacial score (nSPS) is 16.4. The summed E-state index contributed by atoms with van der Waals surface area (Å²) in [7, 11) is -1.41. The summed E-state index contributed by atoms with van der Waals surface area (Å²) in [4.78, 5) is 36.9. The van der Waals surface area contributed by atoms with E-state index in [0.29, 0.717) is 29.5 Å². The largest absolute Gasteiger partial charge is 0.423 e. The Hall–Kier alpha value is -4.15. The second-order valence-corrected chi connectivity index (χ2v) is 20.2. The molecular weight excluding hydrogens is 674 g/mol. The van der Waals surface area contributed by atoms with Crippen LogP contribution in [0.5, 0.6) is 0 Å². The molecule has 0 bridgehead atoms. The average molecular weight is 716 g/mol. The molecule has 0 radical (unpaired) electrons. The molecule has 1 aromatic carbocycles. The Morgan fingerprint density at radius 3 is 2.44 bits per heavy atom. The number of hydrogen-bond donors (Lipinski definition) is 1. The minimum absolute atomic E-state index is 0.184. The SMILES string of the molecule is C[C@@H](CCCn1ccc2cc(-c3ncc(N4CC5(COC5)C4)cn3)c(F)cc2c1=O)Nc1cnn(COCC[Si](C)(C)C)c(=O)c1C(F)(F)F. The van der Waals surface area contributed by atoms with E-state index in [9.17, 15) is 22.8 Å². The highest BCUT2D eigenvalue weighted by Gasteiger charge is 2.49. The number of aryl methyl sites for hydroxylation is 1. The number of pyridine rings is 1. The van der Waals surface area contributed by atoms with E-state index >= 15 is 4.39 Å². The van der Waals surface area contributed by atoms with Gasteiger partial charge in [-0.3, -0.25) is 9.59 Å². The third-order valence-corrected chi connectivity index (χ3v) is 10.9. The number of fused-ring (bicyclic) bond motifs is 1. The molecule has 0 unspecified atom stereocenters. The van der Waals surface area contributed by atoms with E-state index in [0.717, 1.165) is 44.2 Å². The summed E-state index contributed by atoms with van der Waals surface area (Å²) in [5.74, 6) is -0.408. The number of alkyl halides is 3. The number of halogens is 4. The van der Waals surface area contributed by atoms with Crippen molar-refractivity contribution in [2.24, 2.45) is 5.41 Å². The molecule has 0 amide bonds. The third kappa shape index (κ3) is 7.76. The third-order valence-electron chi connectivity index (χ3n) is 9.15. The molecule has 1 N–H and O–H groups in total. The van der Waals surface area contributed by atoms with Crippen molar-refractivity contribution in [3.05, 3.63) is 75.1 Å². The highest BCUT2D eigenvalue weighted by atomic mass is 28.3. The van der Waals surface area contributed by atoms with Gasteiger partial charge in [-0.05, 0) is 49.4 Å². The fourth-order valence-electron chi connectivity index (χ4n) is 6.20. The first-order valence-electron chi connectivity index (χ1n) is 16.6. The van der Waals surface area contributed by atoms with Crippen molar-refractivity contribution >= 4 is 30.2 Å². The van der Waals surface area contributed by atoms with Crippen molar-refractivity contribution in [2.75, 3.05) is 43.1 Å². The van der Waals surface area contributed by atoms with E-state index in [1.807, 2.05) is 0 Å². The van der Waals surface area contributed by atoms with Gasteiger partial charge in [-0.15, -0.1) is 0 Å². The van der Waals surface area contributed by atoms with Gasteiger partial charge in [0.2, 0.25) is 0 Å². The van der Waals surface area contributed by atoms with Crippen LogP contribution in [0.2, 0.25) is 25.7 Å². The lowest BCUT2D eigenvalue weighted by atomic mass is 9.78. The monoisotopic (exact) mass is 715 g/mol. The first kappa shape index (κ1) is 35.7. The number of hydrogen-bond acceptors (Lipinski definition) is 9. The Balaban J connectivity index is 1.07. The summed E-state index contributed by atoms with van der Waals surface area (Å²) >= 11 is 0. The standard InChI is InChI=1S/C34H41F4N7O4Si/c1-22(42-28-16-41-45(21-48-10-11-50(2,3)4)32(47)29(28)34(36,37)38)6-5-8-43-9-7-23-12-26(27(35)13-25(23)31(43)46)30-39-14-24(15-40-30)44-17-33(18-44)19-49-20-33/h7,9,12-16,22,42H,5-6,8,10-11,17-21H2,1-4H3/t22-/m0/s1. The second kappa shape index (κ2) is 13.9. The Bertz CT molecular complexity index is 1970. The van der Waals surface area contributed by atoms with Gasteiger partial charge in [-0.2, -0.15) is 18.3 Å². The van der Waals surface area contributed by atoms with Gasteiger partial charge in [0.25, 0.3) is 11.1 Å². The Morgan fingerprint density at radius 1 is 1.08 bits per heavy atom.